The molecule has 0 atom stereocenters. The summed E-state index contributed by atoms with van der Waals surface area (Å²) >= 11 is 0. The Morgan fingerprint density at radius 1 is 0.941 bits per heavy atom. The number of aromatic nitrogens is 1. The summed E-state index contributed by atoms with van der Waals surface area (Å²) in [5.41, 5.74) is 5.64. The molecule has 4 aromatic rings. The standard InChI is InChI=1S/C22H15F3N4O3S.Na.H/c23-22(24,25)17-8-4-3-7-16(17)18-10-9-13(12-27-18)28-29-19-11-20(33(30,31)32)14-5-1-2-6-15(14)21(19)26;;/h1-12H,26H2,(H,30,31,32);;/q;+1;-1. The fourth-order valence-corrected chi connectivity index (χ4v) is 4.03. The van der Waals surface area contributed by atoms with Crippen LogP contribution in [0.15, 0.2) is 88.1 Å². The molecule has 0 aliphatic heterocycles. The SMILES string of the molecule is Nc1c(N=Nc2ccc(-c3ccccc3C(F)(F)F)nc2)cc(S(=O)(=O)O)c2ccccc12.[H-].[Na+]. The van der Waals surface area contributed by atoms with E-state index in [9.17, 15) is 26.1 Å². The minimum Gasteiger partial charge on any atom is -1.00 e. The van der Waals surface area contributed by atoms with E-state index in [0.717, 1.165) is 12.1 Å². The van der Waals surface area contributed by atoms with Crippen molar-refractivity contribution < 1.29 is 57.1 Å². The Balaban J connectivity index is 0.00000216. The molecule has 0 saturated carbocycles. The fourth-order valence-electron chi connectivity index (χ4n) is 3.32. The minimum atomic E-state index is -4.57. The van der Waals surface area contributed by atoms with Gasteiger partial charge in [0, 0.05) is 16.3 Å². The summed E-state index contributed by atoms with van der Waals surface area (Å²) in [7, 11) is -4.57. The fraction of sp³-hybridized carbons (Fsp3) is 0.0455. The molecule has 0 unspecified atom stereocenters. The molecule has 0 spiro atoms. The molecule has 3 aromatic carbocycles. The normalized spacial score (nSPS) is 12.1. The zero-order chi connectivity index (χ0) is 23.8. The van der Waals surface area contributed by atoms with Gasteiger partial charge in [0.15, 0.2) is 0 Å². The Labute approximate surface area is 216 Å². The van der Waals surface area contributed by atoms with E-state index in [-0.39, 0.29) is 69.6 Å². The third-order valence-corrected chi connectivity index (χ3v) is 5.73. The molecule has 170 valence electrons. The molecule has 0 amide bonds. The van der Waals surface area contributed by atoms with Gasteiger partial charge in [-0.3, -0.25) is 9.54 Å². The molecule has 3 N–H and O–H groups in total. The van der Waals surface area contributed by atoms with Crippen molar-refractivity contribution >= 4 is 38.0 Å². The van der Waals surface area contributed by atoms with Gasteiger partial charge in [-0.1, -0.05) is 42.5 Å². The third kappa shape index (κ3) is 5.29. The number of rotatable bonds is 4. The van der Waals surface area contributed by atoms with E-state index in [4.69, 9.17) is 5.73 Å². The first-order valence-corrected chi connectivity index (χ1v) is 10.8. The number of alkyl halides is 3. The van der Waals surface area contributed by atoms with Crippen LogP contribution in [0.5, 0.6) is 0 Å². The summed E-state index contributed by atoms with van der Waals surface area (Å²) in [5.74, 6) is 0. The average Bonchev–Trinajstić information content (AvgIpc) is 2.78. The van der Waals surface area contributed by atoms with Gasteiger partial charge in [-0.05, 0) is 24.3 Å². The zero-order valence-electron chi connectivity index (χ0n) is 18.7. The van der Waals surface area contributed by atoms with E-state index in [1.54, 1.807) is 18.2 Å². The molecule has 4 rings (SSSR count). The van der Waals surface area contributed by atoms with Crippen molar-refractivity contribution in [2.24, 2.45) is 10.2 Å². The first-order valence-electron chi connectivity index (χ1n) is 9.39. The summed E-state index contributed by atoms with van der Waals surface area (Å²) in [6.07, 6.45) is -3.30. The van der Waals surface area contributed by atoms with Crippen LogP contribution in [0.4, 0.5) is 30.2 Å². The molecule has 1 aromatic heterocycles. The third-order valence-electron chi connectivity index (χ3n) is 4.83. The van der Waals surface area contributed by atoms with Crippen LogP contribution in [-0.4, -0.2) is 18.0 Å². The second-order valence-corrected chi connectivity index (χ2v) is 8.36. The summed E-state index contributed by atoms with van der Waals surface area (Å²) < 4.78 is 72.9. The number of halogens is 3. The second kappa shape index (κ2) is 9.80. The monoisotopic (exact) mass is 496 g/mol. The van der Waals surface area contributed by atoms with Gasteiger partial charge < -0.3 is 7.16 Å². The Kier molecular flexibility index (Phi) is 7.44. The van der Waals surface area contributed by atoms with Gasteiger partial charge in [0.2, 0.25) is 0 Å². The predicted molar refractivity (Wildman–Crippen MR) is 118 cm³/mol. The summed E-state index contributed by atoms with van der Waals surface area (Å²) in [6.45, 7) is 0. The molecular weight excluding hydrogens is 480 g/mol. The molecule has 34 heavy (non-hydrogen) atoms. The Morgan fingerprint density at radius 2 is 1.59 bits per heavy atom. The quantitative estimate of drug-likeness (QED) is 0.195. The van der Waals surface area contributed by atoms with Crippen molar-refractivity contribution in [2.75, 3.05) is 5.73 Å². The topological polar surface area (TPSA) is 118 Å². The van der Waals surface area contributed by atoms with E-state index in [1.807, 2.05) is 0 Å². The van der Waals surface area contributed by atoms with Crippen LogP contribution in [0.1, 0.15) is 6.99 Å². The van der Waals surface area contributed by atoms with Crippen LogP contribution >= 0.6 is 0 Å². The molecule has 0 aliphatic carbocycles. The number of nitrogens with two attached hydrogens (primary N) is 1. The van der Waals surface area contributed by atoms with Crippen molar-refractivity contribution in [3.63, 3.8) is 0 Å². The molecular formula is C22H16F3N4NaO3S. The maximum atomic E-state index is 13.3. The number of nitrogen functional groups attached to an aromatic ring is 1. The molecule has 0 radical (unpaired) electrons. The zero-order valence-corrected chi connectivity index (χ0v) is 20.5. The molecule has 0 bridgehead atoms. The number of benzene rings is 3. The Hall–Kier alpha value is -2.83. The van der Waals surface area contributed by atoms with Crippen molar-refractivity contribution in [1.29, 1.82) is 0 Å². The first-order chi connectivity index (χ1) is 15.6. The smallest absolute Gasteiger partial charge is 1.00 e. The molecule has 0 aliphatic rings. The number of pyridine rings is 1. The maximum absolute atomic E-state index is 13.3. The van der Waals surface area contributed by atoms with Crippen molar-refractivity contribution in [2.45, 2.75) is 11.1 Å². The van der Waals surface area contributed by atoms with Crippen LogP contribution in [0, 0.1) is 0 Å². The Morgan fingerprint density at radius 3 is 2.21 bits per heavy atom. The van der Waals surface area contributed by atoms with Gasteiger partial charge in [0.05, 0.1) is 23.1 Å². The van der Waals surface area contributed by atoms with E-state index in [0.29, 0.717) is 5.39 Å². The summed E-state index contributed by atoms with van der Waals surface area (Å²) in [6, 6.07) is 15.3. The Bertz CT molecular complexity index is 1500. The predicted octanol–water partition coefficient (Wildman–Crippen LogP) is 3.28. The van der Waals surface area contributed by atoms with Crippen molar-refractivity contribution in [3.05, 3.63) is 78.5 Å². The summed E-state index contributed by atoms with van der Waals surface area (Å²) in [4.78, 5) is 3.67. The van der Waals surface area contributed by atoms with Crippen molar-refractivity contribution in [3.8, 4) is 11.3 Å². The number of anilines is 1. The van der Waals surface area contributed by atoms with Gasteiger partial charge >= 0.3 is 35.7 Å². The number of nitrogens with zero attached hydrogens (tertiary/aromatic N) is 3. The molecule has 1 heterocycles. The van der Waals surface area contributed by atoms with Crippen LogP contribution in [0.2, 0.25) is 0 Å². The molecule has 7 nitrogen and oxygen atoms in total. The number of hydrogen-bond donors (Lipinski definition) is 2. The van der Waals surface area contributed by atoms with Crippen LogP contribution in [-0.2, 0) is 16.3 Å². The first kappa shape index (κ1) is 25.8. The molecule has 12 heteroatoms. The maximum Gasteiger partial charge on any atom is 1.00 e. The number of fused-ring (bicyclic) bond motifs is 1. The van der Waals surface area contributed by atoms with E-state index in [1.165, 1.54) is 42.6 Å². The largest absolute Gasteiger partial charge is 1.00 e. The van der Waals surface area contributed by atoms with Gasteiger partial charge in [-0.25, -0.2) is 0 Å². The van der Waals surface area contributed by atoms with Gasteiger partial charge in [0.1, 0.15) is 16.3 Å². The minimum absolute atomic E-state index is 0. The van der Waals surface area contributed by atoms with Crippen LogP contribution < -0.4 is 35.3 Å². The second-order valence-electron chi connectivity index (χ2n) is 6.97. The van der Waals surface area contributed by atoms with E-state index < -0.39 is 21.9 Å². The van der Waals surface area contributed by atoms with E-state index >= 15 is 0 Å². The number of hydrogen-bond acceptors (Lipinski definition) is 6. The average molecular weight is 496 g/mol. The molecule has 0 saturated heterocycles. The summed E-state index contributed by atoms with van der Waals surface area (Å²) in [5, 5.41) is 8.51. The number of azo groups is 1. The van der Waals surface area contributed by atoms with E-state index in [2.05, 4.69) is 15.2 Å². The molecule has 0 fully saturated rings. The van der Waals surface area contributed by atoms with Gasteiger partial charge in [-0.15, -0.1) is 10.2 Å². The van der Waals surface area contributed by atoms with Crippen molar-refractivity contribution in [1.82, 2.24) is 4.98 Å². The van der Waals surface area contributed by atoms with Crippen LogP contribution in [0.3, 0.4) is 0 Å². The van der Waals surface area contributed by atoms with Gasteiger partial charge in [-0.2, -0.15) is 21.6 Å². The van der Waals surface area contributed by atoms with Crippen LogP contribution in [0.25, 0.3) is 22.0 Å². The van der Waals surface area contributed by atoms with Gasteiger partial charge in [0.25, 0.3) is 10.1 Å².